The molecular formula is C17H21FN2O2. The SMILES string of the molecule is Fc1ccc(CNCC(c2ccco2)N2CCOCC2)cc1. The van der Waals surface area contributed by atoms with E-state index < -0.39 is 0 Å². The maximum Gasteiger partial charge on any atom is 0.123 e. The average molecular weight is 304 g/mol. The number of furan rings is 1. The van der Waals surface area contributed by atoms with E-state index in [1.807, 2.05) is 12.1 Å². The number of morpholine rings is 1. The van der Waals surface area contributed by atoms with Crippen LogP contribution in [0.5, 0.6) is 0 Å². The molecule has 118 valence electrons. The van der Waals surface area contributed by atoms with Crippen molar-refractivity contribution in [2.75, 3.05) is 32.8 Å². The van der Waals surface area contributed by atoms with E-state index in [2.05, 4.69) is 10.2 Å². The zero-order chi connectivity index (χ0) is 15.2. The lowest BCUT2D eigenvalue weighted by atomic mass is 10.1. The first kappa shape index (κ1) is 15.2. The number of benzene rings is 1. The normalized spacial score (nSPS) is 17.5. The van der Waals surface area contributed by atoms with Crippen LogP contribution in [0.1, 0.15) is 17.4 Å². The molecular weight excluding hydrogens is 283 g/mol. The number of halogens is 1. The van der Waals surface area contributed by atoms with E-state index in [9.17, 15) is 4.39 Å². The Morgan fingerprint density at radius 1 is 1.14 bits per heavy atom. The van der Waals surface area contributed by atoms with Gasteiger partial charge >= 0.3 is 0 Å². The predicted molar refractivity (Wildman–Crippen MR) is 81.9 cm³/mol. The van der Waals surface area contributed by atoms with Crippen molar-refractivity contribution in [1.29, 1.82) is 0 Å². The van der Waals surface area contributed by atoms with E-state index in [1.54, 1.807) is 18.4 Å². The number of hydrogen-bond acceptors (Lipinski definition) is 4. The Balaban J connectivity index is 1.59. The van der Waals surface area contributed by atoms with Crippen LogP contribution in [0.25, 0.3) is 0 Å². The highest BCUT2D eigenvalue weighted by molar-refractivity contribution is 5.16. The van der Waals surface area contributed by atoms with E-state index in [1.165, 1.54) is 12.1 Å². The Kier molecular flexibility index (Phi) is 5.21. The van der Waals surface area contributed by atoms with Gasteiger partial charge in [0.25, 0.3) is 0 Å². The zero-order valence-electron chi connectivity index (χ0n) is 12.5. The van der Waals surface area contributed by atoms with Gasteiger partial charge in [-0.15, -0.1) is 0 Å². The van der Waals surface area contributed by atoms with Crippen LogP contribution in [0.4, 0.5) is 4.39 Å². The number of nitrogens with one attached hydrogen (secondary N) is 1. The second-order valence-corrected chi connectivity index (χ2v) is 5.44. The van der Waals surface area contributed by atoms with Gasteiger partial charge in [-0.05, 0) is 29.8 Å². The van der Waals surface area contributed by atoms with Crippen LogP contribution in [-0.4, -0.2) is 37.7 Å². The first-order valence-corrected chi connectivity index (χ1v) is 7.63. The monoisotopic (exact) mass is 304 g/mol. The highest BCUT2D eigenvalue weighted by Crippen LogP contribution is 2.21. The minimum absolute atomic E-state index is 0.194. The zero-order valence-corrected chi connectivity index (χ0v) is 12.5. The molecule has 1 unspecified atom stereocenters. The second-order valence-electron chi connectivity index (χ2n) is 5.44. The molecule has 1 aromatic heterocycles. The third kappa shape index (κ3) is 3.94. The molecule has 1 atom stereocenters. The summed E-state index contributed by atoms with van der Waals surface area (Å²) in [6, 6.07) is 10.7. The Labute approximate surface area is 129 Å². The van der Waals surface area contributed by atoms with Gasteiger partial charge < -0.3 is 14.5 Å². The maximum atomic E-state index is 12.9. The van der Waals surface area contributed by atoms with Crippen molar-refractivity contribution in [2.24, 2.45) is 0 Å². The molecule has 1 saturated heterocycles. The molecule has 1 aliphatic heterocycles. The molecule has 1 N–H and O–H groups in total. The first-order valence-electron chi connectivity index (χ1n) is 7.63. The molecule has 3 rings (SSSR count). The summed E-state index contributed by atoms with van der Waals surface area (Å²) in [6.07, 6.45) is 1.71. The molecule has 0 bridgehead atoms. The number of nitrogens with zero attached hydrogens (tertiary/aromatic N) is 1. The standard InChI is InChI=1S/C17H21FN2O2/c18-15-5-3-14(4-6-15)12-19-13-16(17-2-1-9-22-17)20-7-10-21-11-8-20/h1-6,9,16,19H,7-8,10-13H2. The topological polar surface area (TPSA) is 37.6 Å². The molecule has 0 aliphatic carbocycles. The molecule has 0 radical (unpaired) electrons. The molecule has 0 spiro atoms. The van der Waals surface area contributed by atoms with Crippen molar-refractivity contribution < 1.29 is 13.5 Å². The Bertz CT molecular complexity index is 551. The molecule has 0 saturated carbocycles. The van der Waals surface area contributed by atoms with Gasteiger partial charge in [-0.1, -0.05) is 12.1 Å². The lowest BCUT2D eigenvalue weighted by Gasteiger charge is -2.33. The molecule has 1 aliphatic rings. The van der Waals surface area contributed by atoms with E-state index in [0.717, 1.165) is 44.2 Å². The first-order chi connectivity index (χ1) is 10.8. The maximum absolute atomic E-state index is 12.9. The van der Waals surface area contributed by atoms with Crippen molar-refractivity contribution in [2.45, 2.75) is 12.6 Å². The Hall–Kier alpha value is -1.69. The third-order valence-corrected chi connectivity index (χ3v) is 3.94. The van der Waals surface area contributed by atoms with Gasteiger partial charge in [0, 0.05) is 26.2 Å². The van der Waals surface area contributed by atoms with Crippen LogP contribution in [0.15, 0.2) is 47.1 Å². The van der Waals surface area contributed by atoms with Crippen LogP contribution < -0.4 is 5.32 Å². The summed E-state index contributed by atoms with van der Waals surface area (Å²) in [5.74, 6) is 0.763. The van der Waals surface area contributed by atoms with E-state index >= 15 is 0 Å². The predicted octanol–water partition coefficient (Wildman–Crippen LogP) is 2.58. The third-order valence-electron chi connectivity index (χ3n) is 3.94. The summed E-state index contributed by atoms with van der Waals surface area (Å²) < 4.78 is 23.9. The van der Waals surface area contributed by atoms with Crippen LogP contribution in [0.2, 0.25) is 0 Å². The minimum Gasteiger partial charge on any atom is -0.468 e. The molecule has 5 heteroatoms. The quantitative estimate of drug-likeness (QED) is 0.890. The molecule has 22 heavy (non-hydrogen) atoms. The van der Waals surface area contributed by atoms with Gasteiger partial charge in [0.05, 0.1) is 25.5 Å². The van der Waals surface area contributed by atoms with E-state index in [0.29, 0.717) is 6.54 Å². The summed E-state index contributed by atoms with van der Waals surface area (Å²) >= 11 is 0. The fraction of sp³-hybridized carbons (Fsp3) is 0.412. The number of hydrogen-bond donors (Lipinski definition) is 1. The molecule has 2 heterocycles. The van der Waals surface area contributed by atoms with Gasteiger partial charge in [0.2, 0.25) is 0 Å². The average Bonchev–Trinajstić information content (AvgIpc) is 3.08. The van der Waals surface area contributed by atoms with Crippen LogP contribution in [-0.2, 0) is 11.3 Å². The van der Waals surface area contributed by atoms with Gasteiger partial charge in [-0.3, -0.25) is 4.90 Å². The lowest BCUT2D eigenvalue weighted by Crippen LogP contribution is -2.42. The van der Waals surface area contributed by atoms with Crippen molar-refractivity contribution in [3.05, 3.63) is 59.8 Å². The summed E-state index contributed by atoms with van der Waals surface area (Å²) in [7, 11) is 0. The highest BCUT2D eigenvalue weighted by atomic mass is 19.1. The summed E-state index contributed by atoms with van der Waals surface area (Å²) in [6.45, 7) is 4.82. The van der Waals surface area contributed by atoms with Gasteiger partial charge in [0.1, 0.15) is 11.6 Å². The lowest BCUT2D eigenvalue weighted by molar-refractivity contribution is 0.0116. The largest absolute Gasteiger partial charge is 0.468 e. The molecule has 0 amide bonds. The van der Waals surface area contributed by atoms with Gasteiger partial charge in [-0.25, -0.2) is 4.39 Å². The van der Waals surface area contributed by atoms with Crippen molar-refractivity contribution >= 4 is 0 Å². The van der Waals surface area contributed by atoms with E-state index in [-0.39, 0.29) is 11.9 Å². The second kappa shape index (κ2) is 7.54. The molecule has 1 fully saturated rings. The Morgan fingerprint density at radius 3 is 2.59 bits per heavy atom. The van der Waals surface area contributed by atoms with Crippen LogP contribution in [0.3, 0.4) is 0 Å². The van der Waals surface area contributed by atoms with Gasteiger partial charge in [-0.2, -0.15) is 0 Å². The number of rotatable bonds is 6. The highest BCUT2D eigenvalue weighted by Gasteiger charge is 2.24. The Morgan fingerprint density at radius 2 is 1.91 bits per heavy atom. The van der Waals surface area contributed by atoms with Crippen molar-refractivity contribution in [3.63, 3.8) is 0 Å². The molecule has 1 aromatic carbocycles. The number of ether oxygens (including phenoxy) is 1. The van der Waals surface area contributed by atoms with Gasteiger partial charge in [0.15, 0.2) is 0 Å². The van der Waals surface area contributed by atoms with Crippen LogP contribution >= 0.6 is 0 Å². The van der Waals surface area contributed by atoms with E-state index in [4.69, 9.17) is 9.15 Å². The summed E-state index contributed by atoms with van der Waals surface area (Å²) in [5, 5.41) is 3.44. The fourth-order valence-corrected chi connectivity index (χ4v) is 2.74. The molecule has 2 aromatic rings. The molecule has 4 nitrogen and oxygen atoms in total. The fourth-order valence-electron chi connectivity index (χ4n) is 2.74. The summed E-state index contributed by atoms with van der Waals surface area (Å²) in [4.78, 5) is 2.37. The van der Waals surface area contributed by atoms with Crippen molar-refractivity contribution in [3.8, 4) is 0 Å². The summed E-state index contributed by atoms with van der Waals surface area (Å²) in [5.41, 5.74) is 1.07. The van der Waals surface area contributed by atoms with Crippen LogP contribution in [0, 0.1) is 5.82 Å². The minimum atomic E-state index is -0.203. The smallest absolute Gasteiger partial charge is 0.123 e. The van der Waals surface area contributed by atoms with Crippen molar-refractivity contribution in [1.82, 2.24) is 10.2 Å².